The summed E-state index contributed by atoms with van der Waals surface area (Å²) in [4.78, 5) is 14.6. The Balaban J connectivity index is 1.15. The molecule has 0 spiro atoms. The van der Waals surface area contributed by atoms with Crippen LogP contribution in [-0.2, 0) is 21.2 Å². The fourth-order valence-electron chi connectivity index (χ4n) is 4.35. The second-order valence-corrected chi connectivity index (χ2v) is 10.7. The van der Waals surface area contributed by atoms with Crippen molar-refractivity contribution in [2.45, 2.75) is 37.0 Å². The third-order valence-electron chi connectivity index (χ3n) is 6.49. The van der Waals surface area contributed by atoms with E-state index in [1.54, 1.807) is 17.0 Å². The Morgan fingerprint density at radius 2 is 1.75 bits per heavy atom. The predicted octanol–water partition coefficient (Wildman–Crippen LogP) is 2.64. The van der Waals surface area contributed by atoms with Crippen LogP contribution in [-0.4, -0.2) is 62.9 Å². The van der Waals surface area contributed by atoms with E-state index in [0.29, 0.717) is 62.5 Å². The topological polar surface area (TPSA) is 89.3 Å². The number of hydrogen-bond acceptors (Lipinski definition) is 6. The van der Waals surface area contributed by atoms with Crippen molar-refractivity contribution >= 4 is 15.9 Å². The van der Waals surface area contributed by atoms with Crippen molar-refractivity contribution in [3.8, 4) is 11.5 Å². The summed E-state index contributed by atoms with van der Waals surface area (Å²) in [6.45, 7) is 4.37. The Bertz CT molecular complexity index is 1100. The summed E-state index contributed by atoms with van der Waals surface area (Å²) in [7, 11) is -3.66. The highest BCUT2D eigenvalue weighted by Crippen LogP contribution is 2.47. The zero-order chi connectivity index (χ0) is 22.3. The van der Waals surface area contributed by atoms with Crippen molar-refractivity contribution in [3.63, 3.8) is 0 Å². The Hall–Kier alpha value is -2.52. The van der Waals surface area contributed by atoms with E-state index >= 15 is 0 Å². The molecular weight excluding hydrogens is 432 g/mol. The van der Waals surface area contributed by atoms with Gasteiger partial charge in [-0.3, -0.25) is 4.79 Å². The molecule has 1 aliphatic carbocycles. The number of furan rings is 1. The van der Waals surface area contributed by atoms with E-state index in [0.717, 1.165) is 11.5 Å². The molecule has 0 radical (unpaired) electrons. The number of sulfonamides is 1. The van der Waals surface area contributed by atoms with Gasteiger partial charge in [-0.2, -0.15) is 4.31 Å². The van der Waals surface area contributed by atoms with E-state index in [-0.39, 0.29) is 23.9 Å². The molecule has 2 atom stereocenters. The van der Waals surface area contributed by atoms with Gasteiger partial charge in [-0.15, -0.1) is 0 Å². The average molecular weight is 461 g/mol. The van der Waals surface area contributed by atoms with Gasteiger partial charge in [0, 0.05) is 51.0 Å². The molecule has 2 aliphatic heterocycles. The number of aryl methyl sites for hydroxylation is 1. The number of hydrogen-bond donors (Lipinski definition) is 0. The molecule has 3 aliphatic rings. The smallest absolute Gasteiger partial charge is 0.243 e. The van der Waals surface area contributed by atoms with Gasteiger partial charge < -0.3 is 18.8 Å². The Morgan fingerprint density at radius 1 is 1.03 bits per heavy atom. The lowest BCUT2D eigenvalue weighted by Crippen LogP contribution is -2.50. The first kappa shape index (κ1) is 21.3. The SMILES string of the molecule is CC1CC1c1ccc(CCC(=O)N2CCN(S(=O)(=O)c3ccc4c(c3)OCCO4)CC2)o1. The Morgan fingerprint density at radius 3 is 2.47 bits per heavy atom. The van der Waals surface area contributed by atoms with E-state index in [1.807, 2.05) is 12.1 Å². The maximum Gasteiger partial charge on any atom is 0.243 e. The lowest BCUT2D eigenvalue weighted by molar-refractivity contribution is -0.132. The number of carbonyl (C=O) groups excluding carboxylic acids is 1. The summed E-state index contributed by atoms with van der Waals surface area (Å²) >= 11 is 0. The van der Waals surface area contributed by atoms with Crippen molar-refractivity contribution in [1.82, 2.24) is 9.21 Å². The number of carbonyl (C=O) groups is 1. The van der Waals surface area contributed by atoms with Crippen LogP contribution in [0.25, 0.3) is 0 Å². The van der Waals surface area contributed by atoms with Crippen LogP contribution in [0.1, 0.15) is 37.2 Å². The highest BCUT2D eigenvalue weighted by Gasteiger charge is 2.36. The molecule has 5 rings (SSSR count). The summed E-state index contributed by atoms with van der Waals surface area (Å²) in [5.41, 5.74) is 0. The first-order chi connectivity index (χ1) is 15.4. The predicted molar refractivity (Wildman–Crippen MR) is 116 cm³/mol. The van der Waals surface area contributed by atoms with Gasteiger partial charge >= 0.3 is 0 Å². The zero-order valence-electron chi connectivity index (χ0n) is 18.2. The number of piperazine rings is 1. The van der Waals surface area contributed by atoms with Gasteiger partial charge in [0.05, 0.1) is 4.90 Å². The summed E-state index contributed by atoms with van der Waals surface area (Å²) in [5, 5.41) is 0. The van der Waals surface area contributed by atoms with Crippen LogP contribution in [0.4, 0.5) is 0 Å². The van der Waals surface area contributed by atoms with Gasteiger partial charge in [0.25, 0.3) is 0 Å². The molecule has 32 heavy (non-hydrogen) atoms. The molecule has 8 nitrogen and oxygen atoms in total. The molecule has 1 saturated carbocycles. The molecule has 1 saturated heterocycles. The normalized spacial score (nSPS) is 23.2. The van der Waals surface area contributed by atoms with Gasteiger partial charge in [-0.05, 0) is 36.6 Å². The van der Waals surface area contributed by atoms with Crippen molar-refractivity contribution in [2.75, 3.05) is 39.4 Å². The second-order valence-electron chi connectivity index (χ2n) is 8.71. The summed E-state index contributed by atoms with van der Waals surface area (Å²) in [6, 6.07) is 8.67. The van der Waals surface area contributed by atoms with Gasteiger partial charge in [0.2, 0.25) is 15.9 Å². The fourth-order valence-corrected chi connectivity index (χ4v) is 5.78. The minimum atomic E-state index is -3.66. The van der Waals surface area contributed by atoms with E-state index in [4.69, 9.17) is 13.9 Å². The molecule has 1 aromatic heterocycles. The number of benzene rings is 1. The zero-order valence-corrected chi connectivity index (χ0v) is 19.0. The lowest BCUT2D eigenvalue weighted by atomic mass is 10.2. The van der Waals surface area contributed by atoms with Crippen LogP contribution in [0.5, 0.6) is 11.5 Å². The maximum absolute atomic E-state index is 13.1. The Labute approximate surface area is 188 Å². The number of nitrogens with zero attached hydrogens (tertiary/aromatic N) is 2. The molecule has 172 valence electrons. The molecule has 9 heteroatoms. The van der Waals surface area contributed by atoms with Crippen molar-refractivity contribution in [3.05, 3.63) is 41.9 Å². The van der Waals surface area contributed by atoms with Crippen molar-refractivity contribution in [1.29, 1.82) is 0 Å². The molecule has 0 N–H and O–H groups in total. The van der Waals surface area contributed by atoms with Crippen LogP contribution >= 0.6 is 0 Å². The molecule has 2 aromatic rings. The third kappa shape index (κ3) is 4.23. The van der Waals surface area contributed by atoms with Gasteiger partial charge in [0.1, 0.15) is 24.7 Å². The third-order valence-corrected chi connectivity index (χ3v) is 8.38. The summed E-state index contributed by atoms with van der Waals surface area (Å²) in [6.07, 6.45) is 2.10. The first-order valence-electron chi connectivity index (χ1n) is 11.2. The van der Waals surface area contributed by atoms with Crippen LogP contribution in [0.3, 0.4) is 0 Å². The number of amides is 1. The molecule has 1 amide bonds. The van der Waals surface area contributed by atoms with Crippen LogP contribution in [0.15, 0.2) is 39.6 Å². The molecule has 2 unspecified atom stereocenters. The Kier molecular flexibility index (Phi) is 5.63. The monoisotopic (exact) mass is 460 g/mol. The minimum Gasteiger partial charge on any atom is -0.486 e. The van der Waals surface area contributed by atoms with E-state index < -0.39 is 10.0 Å². The summed E-state index contributed by atoms with van der Waals surface area (Å²) < 4.78 is 44.4. The van der Waals surface area contributed by atoms with Crippen LogP contribution in [0, 0.1) is 5.92 Å². The molecular formula is C23H28N2O6S. The molecule has 0 bridgehead atoms. The second kappa shape index (κ2) is 8.44. The van der Waals surface area contributed by atoms with Gasteiger partial charge in [0.15, 0.2) is 11.5 Å². The van der Waals surface area contributed by atoms with E-state index in [1.165, 1.54) is 16.8 Å². The van der Waals surface area contributed by atoms with Gasteiger partial charge in [-0.1, -0.05) is 6.92 Å². The molecule has 1 aromatic carbocycles. The van der Waals surface area contributed by atoms with Crippen molar-refractivity contribution in [2.24, 2.45) is 5.92 Å². The fraction of sp³-hybridized carbons (Fsp3) is 0.522. The minimum absolute atomic E-state index is 0.0270. The molecule has 2 fully saturated rings. The maximum atomic E-state index is 13.1. The standard InChI is InChI=1S/C23H28N2O6S/c1-16-14-19(16)20-5-2-17(31-20)3-7-23(26)24-8-10-25(11-9-24)32(27,28)18-4-6-21-22(15-18)30-13-12-29-21/h2,4-6,15-16,19H,3,7-14H2,1H3. The highest BCUT2D eigenvalue weighted by molar-refractivity contribution is 7.89. The molecule has 3 heterocycles. The lowest BCUT2D eigenvalue weighted by Gasteiger charge is -2.34. The van der Waals surface area contributed by atoms with E-state index in [9.17, 15) is 13.2 Å². The van der Waals surface area contributed by atoms with Crippen LogP contribution < -0.4 is 9.47 Å². The highest BCUT2D eigenvalue weighted by atomic mass is 32.2. The van der Waals surface area contributed by atoms with Crippen LogP contribution in [0.2, 0.25) is 0 Å². The van der Waals surface area contributed by atoms with Gasteiger partial charge in [-0.25, -0.2) is 8.42 Å². The number of fused-ring (bicyclic) bond motifs is 1. The number of ether oxygens (including phenoxy) is 2. The summed E-state index contributed by atoms with van der Waals surface area (Å²) in [5.74, 6) is 4.11. The van der Waals surface area contributed by atoms with E-state index in [2.05, 4.69) is 6.92 Å². The largest absolute Gasteiger partial charge is 0.486 e. The quantitative estimate of drug-likeness (QED) is 0.659. The first-order valence-corrected chi connectivity index (χ1v) is 12.6. The average Bonchev–Trinajstić information content (AvgIpc) is 3.36. The van der Waals surface area contributed by atoms with Crippen molar-refractivity contribution < 1.29 is 27.1 Å². The number of rotatable bonds is 6.